The Morgan fingerprint density at radius 3 is 2.66 bits per heavy atom. The maximum absolute atomic E-state index is 13.0. The molecule has 1 aliphatic carbocycles. The van der Waals surface area contributed by atoms with E-state index in [-0.39, 0.29) is 23.0 Å². The summed E-state index contributed by atoms with van der Waals surface area (Å²) in [5.74, 6) is -0.646. The van der Waals surface area contributed by atoms with E-state index in [2.05, 4.69) is 15.5 Å². The fraction of sp³-hybridized carbons (Fsp3) is 0.409. The Balaban J connectivity index is 1.91. The molecule has 1 fully saturated rings. The number of hydrogen-bond acceptors (Lipinski definition) is 5. The topological polar surface area (TPSA) is 72.8 Å². The van der Waals surface area contributed by atoms with E-state index >= 15 is 0 Å². The lowest BCUT2D eigenvalue weighted by Crippen LogP contribution is -2.42. The molecule has 0 saturated heterocycles. The molecule has 1 aliphatic rings. The largest absolute Gasteiger partial charge is 0.465 e. The Hall–Kier alpha value is -2.81. The summed E-state index contributed by atoms with van der Waals surface area (Å²) in [4.78, 5) is 21.8. The Labute approximate surface area is 188 Å². The van der Waals surface area contributed by atoms with Crippen LogP contribution in [0.4, 0.5) is 13.2 Å². The van der Waals surface area contributed by atoms with Gasteiger partial charge in [0.1, 0.15) is 7.11 Å². The number of pyridine rings is 1. The first-order valence-electron chi connectivity index (χ1n) is 10.1. The average molecular weight is 470 g/mol. The predicted octanol–water partition coefficient (Wildman–Crippen LogP) is 5.41. The molecular weight excluding hydrogens is 447 g/mol. The standard InChI is InChI=1S/C22H23ClF3N3O3/c1-13(22(24,25)26)32-21-17(14-7-9-16(23)10-8-14)11-15(12-27-21)20(30)28-18-5-3-4-6-19(18)29-31-2/h7-13,18H,3-6H2,1-2H3,(H,28,30)/t13?,18-/m0/s1. The van der Waals surface area contributed by atoms with Crippen LogP contribution in [0.5, 0.6) is 5.88 Å². The maximum atomic E-state index is 13.0. The molecule has 1 saturated carbocycles. The summed E-state index contributed by atoms with van der Waals surface area (Å²) in [5.41, 5.74) is 1.70. The van der Waals surface area contributed by atoms with E-state index in [1.165, 1.54) is 19.4 Å². The molecular formula is C22H23ClF3N3O3. The minimum atomic E-state index is -4.56. The number of halogens is 4. The Kier molecular flexibility index (Phi) is 7.60. The van der Waals surface area contributed by atoms with E-state index in [1.807, 2.05) is 0 Å². The molecule has 1 aromatic carbocycles. The van der Waals surface area contributed by atoms with Crippen molar-refractivity contribution in [1.82, 2.24) is 10.3 Å². The molecule has 2 aromatic rings. The predicted molar refractivity (Wildman–Crippen MR) is 115 cm³/mol. The van der Waals surface area contributed by atoms with Gasteiger partial charge in [-0.3, -0.25) is 4.79 Å². The highest BCUT2D eigenvalue weighted by Gasteiger charge is 2.38. The summed E-state index contributed by atoms with van der Waals surface area (Å²) in [6.45, 7) is 0.897. The van der Waals surface area contributed by atoms with E-state index in [9.17, 15) is 18.0 Å². The van der Waals surface area contributed by atoms with Crippen LogP contribution in [0.1, 0.15) is 43.0 Å². The normalized spacial score (nSPS) is 18.8. The number of amides is 1. The third-order valence-electron chi connectivity index (χ3n) is 5.11. The van der Waals surface area contributed by atoms with Crippen LogP contribution in [-0.2, 0) is 4.84 Å². The second-order valence-corrected chi connectivity index (χ2v) is 7.86. The molecule has 10 heteroatoms. The zero-order valence-corrected chi connectivity index (χ0v) is 18.3. The highest BCUT2D eigenvalue weighted by Crippen LogP contribution is 2.33. The maximum Gasteiger partial charge on any atom is 0.425 e. The second kappa shape index (κ2) is 10.2. The molecule has 1 amide bonds. The molecule has 1 unspecified atom stereocenters. The highest BCUT2D eigenvalue weighted by atomic mass is 35.5. The number of aromatic nitrogens is 1. The summed E-state index contributed by atoms with van der Waals surface area (Å²) in [5, 5.41) is 7.37. The summed E-state index contributed by atoms with van der Waals surface area (Å²) in [6.07, 6.45) is -2.11. The van der Waals surface area contributed by atoms with E-state index in [0.29, 0.717) is 10.6 Å². The van der Waals surface area contributed by atoms with Crippen LogP contribution in [0, 0.1) is 0 Å². The van der Waals surface area contributed by atoms with Gasteiger partial charge >= 0.3 is 6.18 Å². The quantitative estimate of drug-likeness (QED) is 0.574. The fourth-order valence-corrected chi connectivity index (χ4v) is 3.49. The van der Waals surface area contributed by atoms with Crippen LogP contribution in [0.3, 0.4) is 0 Å². The van der Waals surface area contributed by atoms with Gasteiger partial charge in [-0.05, 0) is 49.9 Å². The molecule has 32 heavy (non-hydrogen) atoms. The summed E-state index contributed by atoms with van der Waals surface area (Å²) < 4.78 is 44.2. The molecule has 0 aliphatic heterocycles. The summed E-state index contributed by atoms with van der Waals surface area (Å²) in [7, 11) is 1.45. The molecule has 0 bridgehead atoms. The smallest absolute Gasteiger partial charge is 0.425 e. The summed E-state index contributed by atoms with van der Waals surface area (Å²) >= 11 is 5.93. The van der Waals surface area contributed by atoms with Crippen molar-refractivity contribution < 1.29 is 27.5 Å². The lowest BCUT2D eigenvalue weighted by molar-refractivity contribution is -0.189. The van der Waals surface area contributed by atoms with Crippen molar-refractivity contribution in [3.8, 4) is 17.0 Å². The molecule has 3 rings (SSSR count). The second-order valence-electron chi connectivity index (χ2n) is 7.42. The van der Waals surface area contributed by atoms with Crippen LogP contribution in [0.2, 0.25) is 5.02 Å². The monoisotopic (exact) mass is 469 g/mol. The van der Waals surface area contributed by atoms with Crippen LogP contribution in [-0.4, -0.2) is 42.0 Å². The molecule has 1 N–H and O–H groups in total. The van der Waals surface area contributed by atoms with Crippen molar-refractivity contribution in [1.29, 1.82) is 0 Å². The van der Waals surface area contributed by atoms with Gasteiger partial charge in [0, 0.05) is 16.8 Å². The van der Waals surface area contributed by atoms with Crippen LogP contribution in [0.15, 0.2) is 41.7 Å². The van der Waals surface area contributed by atoms with Gasteiger partial charge in [0.2, 0.25) is 5.88 Å². The van der Waals surface area contributed by atoms with Gasteiger partial charge in [-0.1, -0.05) is 35.3 Å². The molecule has 0 radical (unpaired) electrons. The van der Waals surface area contributed by atoms with Crippen LogP contribution in [0.25, 0.3) is 11.1 Å². The number of nitrogens with one attached hydrogen (secondary N) is 1. The van der Waals surface area contributed by atoms with Gasteiger partial charge in [-0.15, -0.1) is 0 Å². The van der Waals surface area contributed by atoms with Crippen LogP contribution < -0.4 is 10.1 Å². The highest BCUT2D eigenvalue weighted by molar-refractivity contribution is 6.30. The first kappa shape index (κ1) is 23.8. The number of rotatable bonds is 6. The number of benzene rings is 1. The van der Waals surface area contributed by atoms with E-state index < -0.39 is 18.2 Å². The number of hydrogen-bond donors (Lipinski definition) is 1. The van der Waals surface area contributed by atoms with E-state index in [0.717, 1.165) is 38.3 Å². The Bertz CT molecular complexity index is 981. The molecule has 0 spiro atoms. The SMILES string of the molecule is CON=C1CCCC[C@@H]1NC(=O)c1cnc(OC(C)C(F)(F)F)c(-c2ccc(Cl)cc2)c1. The van der Waals surface area contributed by atoms with Crippen molar-refractivity contribution in [3.05, 3.63) is 47.1 Å². The number of oxime groups is 1. The van der Waals surface area contributed by atoms with Gasteiger partial charge in [0.05, 0.1) is 17.3 Å². The molecule has 172 valence electrons. The lowest BCUT2D eigenvalue weighted by Gasteiger charge is -2.24. The number of carbonyl (C=O) groups excluding carboxylic acids is 1. The van der Waals surface area contributed by atoms with Crippen molar-refractivity contribution in [2.45, 2.75) is 50.9 Å². The molecule has 1 heterocycles. The number of ether oxygens (including phenoxy) is 1. The van der Waals surface area contributed by atoms with Crippen molar-refractivity contribution >= 4 is 23.2 Å². The number of nitrogens with zero attached hydrogens (tertiary/aromatic N) is 2. The van der Waals surface area contributed by atoms with Gasteiger partial charge in [-0.25, -0.2) is 4.98 Å². The van der Waals surface area contributed by atoms with Gasteiger partial charge in [0.15, 0.2) is 6.10 Å². The third kappa shape index (κ3) is 5.91. The number of alkyl halides is 3. The Morgan fingerprint density at radius 2 is 2.00 bits per heavy atom. The zero-order valence-electron chi connectivity index (χ0n) is 17.6. The third-order valence-corrected chi connectivity index (χ3v) is 5.36. The zero-order chi connectivity index (χ0) is 23.3. The van der Waals surface area contributed by atoms with Gasteiger partial charge in [-0.2, -0.15) is 13.2 Å². The molecule has 1 aromatic heterocycles. The van der Waals surface area contributed by atoms with Crippen LogP contribution >= 0.6 is 11.6 Å². The van der Waals surface area contributed by atoms with Crippen molar-refractivity contribution in [3.63, 3.8) is 0 Å². The minimum absolute atomic E-state index is 0.185. The summed E-state index contributed by atoms with van der Waals surface area (Å²) in [6, 6.07) is 7.61. The average Bonchev–Trinajstić information content (AvgIpc) is 2.75. The van der Waals surface area contributed by atoms with Crippen molar-refractivity contribution in [2.24, 2.45) is 5.16 Å². The van der Waals surface area contributed by atoms with E-state index in [4.69, 9.17) is 21.2 Å². The van der Waals surface area contributed by atoms with Gasteiger partial charge < -0.3 is 14.9 Å². The molecule has 6 nitrogen and oxygen atoms in total. The van der Waals surface area contributed by atoms with Gasteiger partial charge in [0.25, 0.3) is 5.91 Å². The first-order chi connectivity index (χ1) is 15.2. The first-order valence-corrected chi connectivity index (χ1v) is 10.5. The number of carbonyl (C=O) groups is 1. The molecule has 2 atom stereocenters. The van der Waals surface area contributed by atoms with E-state index in [1.54, 1.807) is 24.3 Å². The lowest BCUT2D eigenvalue weighted by atomic mass is 9.93. The minimum Gasteiger partial charge on any atom is -0.465 e. The Morgan fingerprint density at radius 1 is 1.28 bits per heavy atom. The van der Waals surface area contributed by atoms with Crippen molar-refractivity contribution in [2.75, 3.05) is 7.11 Å². The fourth-order valence-electron chi connectivity index (χ4n) is 3.36.